The van der Waals surface area contributed by atoms with Crippen LogP contribution in [-0.4, -0.2) is 17.3 Å². The van der Waals surface area contributed by atoms with Crippen LogP contribution < -0.4 is 10.5 Å². The molecule has 0 aromatic heterocycles. The van der Waals surface area contributed by atoms with Gasteiger partial charge in [-0.25, -0.2) is 0 Å². The molecule has 2 unspecified atom stereocenters. The van der Waals surface area contributed by atoms with Crippen molar-refractivity contribution in [1.29, 1.82) is 0 Å². The molecule has 3 nitrogen and oxygen atoms in total. The van der Waals surface area contributed by atoms with E-state index >= 15 is 0 Å². The lowest BCUT2D eigenvalue weighted by atomic mass is 9.97. The Hall–Kier alpha value is -1.06. The Balaban J connectivity index is 2.22. The molecular formula is C16H25NO2. The van der Waals surface area contributed by atoms with Gasteiger partial charge < -0.3 is 15.2 Å². The molecule has 1 aromatic carbocycles. The molecule has 1 heterocycles. The zero-order chi connectivity index (χ0) is 14.3. The van der Waals surface area contributed by atoms with Gasteiger partial charge >= 0.3 is 0 Å². The first kappa shape index (κ1) is 14.4. The maximum atomic E-state index is 6.21. The van der Waals surface area contributed by atoms with Crippen LogP contribution in [0.3, 0.4) is 0 Å². The van der Waals surface area contributed by atoms with E-state index in [1.165, 1.54) is 0 Å². The van der Waals surface area contributed by atoms with E-state index in [4.69, 9.17) is 15.2 Å². The van der Waals surface area contributed by atoms with E-state index in [1.807, 2.05) is 31.2 Å². The van der Waals surface area contributed by atoms with Crippen LogP contribution in [0, 0.1) is 0 Å². The Kier molecular flexibility index (Phi) is 3.63. The summed E-state index contributed by atoms with van der Waals surface area (Å²) in [6.45, 7) is 10.4. The molecule has 1 aromatic rings. The highest BCUT2D eigenvalue weighted by molar-refractivity contribution is 5.35. The largest absolute Gasteiger partial charge is 0.487 e. The van der Waals surface area contributed by atoms with Crippen molar-refractivity contribution in [3.63, 3.8) is 0 Å². The molecule has 0 saturated carbocycles. The molecule has 0 radical (unpaired) electrons. The first-order valence-electron chi connectivity index (χ1n) is 6.93. The average molecular weight is 263 g/mol. The second-order valence-corrected chi connectivity index (χ2v) is 6.60. The number of rotatable bonds is 3. The van der Waals surface area contributed by atoms with Crippen LogP contribution in [0.1, 0.15) is 52.6 Å². The van der Waals surface area contributed by atoms with Crippen LogP contribution in [0.25, 0.3) is 0 Å². The minimum absolute atomic E-state index is 0.0327. The molecule has 2 rings (SSSR count). The van der Waals surface area contributed by atoms with Gasteiger partial charge in [-0.05, 0) is 40.7 Å². The Morgan fingerprint density at radius 1 is 1.26 bits per heavy atom. The van der Waals surface area contributed by atoms with Gasteiger partial charge in [0, 0.05) is 18.0 Å². The summed E-state index contributed by atoms with van der Waals surface area (Å²) in [5, 5.41) is 0. The summed E-state index contributed by atoms with van der Waals surface area (Å²) in [6, 6.07) is 7.95. The fourth-order valence-electron chi connectivity index (χ4n) is 2.81. The zero-order valence-corrected chi connectivity index (χ0v) is 12.6. The summed E-state index contributed by atoms with van der Waals surface area (Å²) in [7, 11) is 0. The summed E-state index contributed by atoms with van der Waals surface area (Å²) in [6.07, 6.45) is 0.926. The Morgan fingerprint density at radius 3 is 2.42 bits per heavy atom. The van der Waals surface area contributed by atoms with Crippen LogP contribution in [0.4, 0.5) is 0 Å². The molecule has 2 atom stereocenters. The standard InChI is InChI=1S/C16H25NO2/c1-11(17)12-8-6-7-9-13(12)18-14-10-15(2,3)19-16(14,4)5/h6-9,11,14H,10,17H2,1-5H3. The number of hydrogen-bond acceptors (Lipinski definition) is 3. The number of hydrogen-bond donors (Lipinski definition) is 1. The topological polar surface area (TPSA) is 44.5 Å². The van der Waals surface area contributed by atoms with Gasteiger partial charge in [-0.2, -0.15) is 0 Å². The molecule has 0 bridgehead atoms. The predicted octanol–water partition coefficient (Wildman–Crippen LogP) is 3.43. The molecule has 1 fully saturated rings. The SMILES string of the molecule is CC(N)c1ccccc1OC1CC(C)(C)OC1(C)C. The molecule has 1 aliphatic rings. The monoisotopic (exact) mass is 263 g/mol. The van der Waals surface area contributed by atoms with E-state index in [9.17, 15) is 0 Å². The molecular weight excluding hydrogens is 238 g/mol. The van der Waals surface area contributed by atoms with Crippen LogP contribution in [0.2, 0.25) is 0 Å². The minimum atomic E-state index is -0.283. The third kappa shape index (κ3) is 3.10. The number of ether oxygens (including phenoxy) is 2. The van der Waals surface area contributed by atoms with Crippen LogP contribution >= 0.6 is 0 Å². The quantitative estimate of drug-likeness (QED) is 0.908. The van der Waals surface area contributed by atoms with E-state index in [-0.39, 0.29) is 23.3 Å². The van der Waals surface area contributed by atoms with Crippen molar-refractivity contribution in [2.45, 2.75) is 64.4 Å². The van der Waals surface area contributed by atoms with Gasteiger partial charge in [0.1, 0.15) is 17.5 Å². The highest BCUT2D eigenvalue weighted by Crippen LogP contribution is 2.40. The molecule has 1 aliphatic heterocycles. The number of benzene rings is 1. The normalized spacial score (nSPS) is 26.1. The van der Waals surface area contributed by atoms with Crippen molar-refractivity contribution < 1.29 is 9.47 Å². The third-order valence-electron chi connectivity index (χ3n) is 3.67. The van der Waals surface area contributed by atoms with Gasteiger partial charge in [0.05, 0.1) is 5.60 Å². The summed E-state index contributed by atoms with van der Waals surface area (Å²) in [4.78, 5) is 0. The zero-order valence-electron chi connectivity index (χ0n) is 12.6. The molecule has 2 N–H and O–H groups in total. The predicted molar refractivity (Wildman–Crippen MR) is 77.3 cm³/mol. The lowest BCUT2D eigenvalue weighted by Gasteiger charge is -2.28. The van der Waals surface area contributed by atoms with Gasteiger partial charge in [0.15, 0.2) is 0 Å². The highest BCUT2D eigenvalue weighted by atomic mass is 16.6. The molecule has 19 heavy (non-hydrogen) atoms. The first-order valence-corrected chi connectivity index (χ1v) is 6.93. The lowest BCUT2D eigenvalue weighted by molar-refractivity contribution is -0.0847. The van der Waals surface area contributed by atoms with Crippen molar-refractivity contribution in [3.8, 4) is 5.75 Å². The van der Waals surface area contributed by atoms with Gasteiger partial charge in [-0.3, -0.25) is 0 Å². The van der Waals surface area contributed by atoms with Gasteiger partial charge in [0.2, 0.25) is 0 Å². The van der Waals surface area contributed by atoms with E-state index in [2.05, 4.69) is 27.7 Å². The van der Waals surface area contributed by atoms with Crippen molar-refractivity contribution >= 4 is 0 Å². The lowest BCUT2D eigenvalue weighted by Crippen LogP contribution is -2.37. The van der Waals surface area contributed by atoms with Crippen LogP contribution in [0.15, 0.2) is 24.3 Å². The molecule has 0 spiro atoms. The third-order valence-corrected chi connectivity index (χ3v) is 3.67. The van der Waals surface area contributed by atoms with E-state index in [1.54, 1.807) is 0 Å². The minimum Gasteiger partial charge on any atom is -0.487 e. The molecule has 3 heteroatoms. The second-order valence-electron chi connectivity index (χ2n) is 6.60. The summed E-state index contributed by atoms with van der Waals surface area (Å²) >= 11 is 0. The van der Waals surface area contributed by atoms with Gasteiger partial charge in [0.25, 0.3) is 0 Å². The van der Waals surface area contributed by atoms with E-state index in [0.29, 0.717) is 0 Å². The van der Waals surface area contributed by atoms with Crippen LogP contribution in [-0.2, 0) is 4.74 Å². The van der Waals surface area contributed by atoms with Gasteiger partial charge in [-0.15, -0.1) is 0 Å². The molecule has 0 aliphatic carbocycles. The van der Waals surface area contributed by atoms with Crippen LogP contribution in [0.5, 0.6) is 5.75 Å². The fourth-order valence-corrected chi connectivity index (χ4v) is 2.81. The summed E-state index contributed by atoms with van der Waals surface area (Å²) in [5.74, 6) is 0.872. The maximum absolute atomic E-state index is 6.21. The van der Waals surface area contributed by atoms with Crippen molar-refractivity contribution in [3.05, 3.63) is 29.8 Å². The smallest absolute Gasteiger partial charge is 0.130 e. The summed E-state index contributed by atoms with van der Waals surface area (Å²) in [5.41, 5.74) is 6.62. The highest BCUT2D eigenvalue weighted by Gasteiger charge is 2.47. The maximum Gasteiger partial charge on any atom is 0.130 e. The van der Waals surface area contributed by atoms with Crippen molar-refractivity contribution in [2.75, 3.05) is 0 Å². The van der Waals surface area contributed by atoms with Crippen molar-refractivity contribution in [1.82, 2.24) is 0 Å². The van der Waals surface area contributed by atoms with E-state index < -0.39 is 0 Å². The summed E-state index contributed by atoms with van der Waals surface area (Å²) < 4.78 is 12.3. The Bertz CT molecular complexity index is 452. The first-order chi connectivity index (χ1) is 8.71. The molecule has 106 valence electrons. The Labute approximate surface area is 116 Å². The molecule has 0 amide bonds. The number of nitrogens with two attached hydrogens (primary N) is 1. The van der Waals surface area contributed by atoms with E-state index in [0.717, 1.165) is 17.7 Å². The Morgan fingerprint density at radius 2 is 1.89 bits per heavy atom. The van der Waals surface area contributed by atoms with Crippen molar-refractivity contribution in [2.24, 2.45) is 5.73 Å². The fraction of sp³-hybridized carbons (Fsp3) is 0.625. The number of para-hydroxylation sites is 1. The molecule has 1 saturated heterocycles. The second kappa shape index (κ2) is 4.80. The average Bonchev–Trinajstić information content (AvgIpc) is 2.47. The van der Waals surface area contributed by atoms with Gasteiger partial charge in [-0.1, -0.05) is 18.2 Å².